The summed E-state index contributed by atoms with van der Waals surface area (Å²) in [4.78, 5) is 2.49. The molecule has 1 N–H and O–H groups in total. The molecule has 1 unspecified atom stereocenters. The zero-order valence-corrected chi connectivity index (χ0v) is 14.0. The van der Waals surface area contributed by atoms with E-state index in [0.717, 1.165) is 46.0 Å². The van der Waals surface area contributed by atoms with Gasteiger partial charge in [-0.2, -0.15) is 0 Å². The van der Waals surface area contributed by atoms with Crippen LogP contribution in [0.2, 0.25) is 0 Å². The molecule has 0 radical (unpaired) electrons. The van der Waals surface area contributed by atoms with E-state index in [1.807, 2.05) is 0 Å². The van der Waals surface area contributed by atoms with E-state index in [1.54, 1.807) is 0 Å². The first-order chi connectivity index (χ1) is 10.2. The highest BCUT2D eigenvalue weighted by Gasteiger charge is 2.33. The first kappa shape index (κ1) is 17.2. The summed E-state index contributed by atoms with van der Waals surface area (Å²) in [5.74, 6) is 0. The maximum atomic E-state index is 5.89. The third-order valence-corrected chi connectivity index (χ3v) is 4.87. The highest BCUT2D eigenvalue weighted by atomic mass is 16.5. The Kier molecular flexibility index (Phi) is 7.44. The first-order valence-corrected chi connectivity index (χ1v) is 8.83. The maximum Gasteiger partial charge on any atom is 0.0701 e. The molecule has 4 nitrogen and oxygen atoms in total. The Morgan fingerprint density at radius 1 is 1.19 bits per heavy atom. The summed E-state index contributed by atoms with van der Waals surface area (Å²) < 4.78 is 11.5. The van der Waals surface area contributed by atoms with E-state index in [2.05, 4.69) is 24.2 Å². The number of likely N-dealkylation sites (N-methyl/N-ethyl adjacent to an activating group) is 1. The van der Waals surface area contributed by atoms with Gasteiger partial charge in [0.15, 0.2) is 0 Å². The Hall–Kier alpha value is -0.160. The second kappa shape index (κ2) is 9.09. The fraction of sp³-hybridized carbons (Fsp3) is 1.00. The third-order valence-electron chi connectivity index (χ3n) is 4.87. The van der Waals surface area contributed by atoms with Crippen LogP contribution in [0.15, 0.2) is 0 Å². The van der Waals surface area contributed by atoms with Crippen LogP contribution < -0.4 is 5.32 Å². The van der Waals surface area contributed by atoms with E-state index >= 15 is 0 Å². The van der Waals surface area contributed by atoms with E-state index in [0.29, 0.717) is 11.5 Å². The van der Waals surface area contributed by atoms with Gasteiger partial charge in [-0.15, -0.1) is 0 Å². The number of hydrogen-bond acceptors (Lipinski definition) is 4. The molecule has 2 rings (SSSR count). The molecule has 0 aliphatic carbocycles. The third kappa shape index (κ3) is 5.85. The normalized spacial score (nSPS) is 26.1. The molecule has 124 valence electrons. The van der Waals surface area contributed by atoms with Crippen LogP contribution in [-0.2, 0) is 9.47 Å². The fourth-order valence-electron chi connectivity index (χ4n) is 3.66. The van der Waals surface area contributed by atoms with Crippen LogP contribution in [-0.4, -0.2) is 64.1 Å². The van der Waals surface area contributed by atoms with Crippen LogP contribution >= 0.6 is 0 Å². The molecule has 2 aliphatic heterocycles. The van der Waals surface area contributed by atoms with Gasteiger partial charge in [0.2, 0.25) is 0 Å². The van der Waals surface area contributed by atoms with Gasteiger partial charge in [0.05, 0.1) is 6.10 Å². The maximum absolute atomic E-state index is 5.89. The minimum absolute atomic E-state index is 0.386. The molecule has 0 aromatic rings. The van der Waals surface area contributed by atoms with E-state index in [-0.39, 0.29) is 0 Å². The summed E-state index contributed by atoms with van der Waals surface area (Å²) in [6.45, 7) is 9.51. The largest absolute Gasteiger partial charge is 0.381 e. The standard InChI is InChI=1S/C17H34N2O2/c1-3-9-18-14-17(7-11-20-12-8-17)15-19(2)13-16-6-4-5-10-21-16/h16,18H,3-15H2,1-2H3. The molecule has 0 spiro atoms. The van der Waals surface area contributed by atoms with E-state index in [9.17, 15) is 0 Å². The Labute approximate surface area is 130 Å². The van der Waals surface area contributed by atoms with Crippen molar-refractivity contribution in [1.82, 2.24) is 10.2 Å². The molecule has 0 bridgehead atoms. The quantitative estimate of drug-likeness (QED) is 0.697. The van der Waals surface area contributed by atoms with Crippen molar-refractivity contribution < 1.29 is 9.47 Å². The molecule has 0 amide bonds. The van der Waals surface area contributed by atoms with Crippen molar-refractivity contribution in [2.45, 2.75) is 51.6 Å². The Bertz CT molecular complexity index is 274. The van der Waals surface area contributed by atoms with Gasteiger partial charge >= 0.3 is 0 Å². The summed E-state index contributed by atoms with van der Waals surface area (Å²) in [5, 5.41) is 3.64. The average molecular weight is 298 g/mol. The first-order valence-electron chi connectivity index (χ1n) is 8.83. The van der Waals surface area contributed by atoms with Gasteiger partial charge < -0.3 is 19.7 Å². The summed E-state index contributed by atoms with van der Waals surface area (Å²) in [6, 6.07) is 0. The van der Waals surface area contributed by atoms with E-state index < -0.39 is 0 Å². The number of nitrogens with one attached hydrogen (secondary N) is 1. The fourth-order valence-corrected chi connectivity index (χ4v) is 3.66. The molecule has 1 atom stereocenters. The van der Waals surface area contributed by atoms with Crippen molar-refractivity contribution in [2.24, 2.45) is 5.41 Å². The summed E-state index contributed by atoms with van der Waals surface area (Å²) in [5.41, 5.74) is 0.386. The summed E-state index contributed by atoms with van der Waals surface area (Å²) in [7, 11) is 2.26. The van der Waals surface area contributed by atoms with Crippen LogP contribution in [0.5, 0.6) is 0 Å². The minimum atomic E-state index is 0.386. The topological polar surface area (TPSA) is 33.7 Å². The van der Waals surface area contributed by atoms with Gasteiger partial charge in [0, 0.05) is 39.5 Å². The van der Waals surface area contributed by atoms with Crippen LogP contribution in [0.4, 0.5) is 0 Å². The molecular weight excluding hydrogens is 264 g/mol. The highest BCUT2D eigenvalue weighted by molar-refractivity contribution is 4.87. The van der Waals surface area contributed by atoms with Crippen LogP contribution in [0, 0.1) is 5.41 Å². The monoisotopic (exact) mass is 298 g/mol. The van der Waals surface area contributed by atoms with Crippen molar-refractivity contribution in [3.8, 4) is 0 Å². The zero-order valence-electron chi connectivity index (χ0n) is 14.0. The van der Waals surface area contributed by atoms with Gasteiger partial charge in [-0.05, 0) is 57.5 Å². The van der Waals surface area contributed by atoms with E-state index in [1.165, 1.54) is 38.5 Å². The second-order valence-corrected chi connectivity index (χ2v) is 6.97. The Morgan fingerprint density at radius 3 is 2.67 bits per heavy atom. The SMILES string of the molecule is CCCNCC1(CN(C)CC2CCCCO2)CCOCC1. The van der Waals surface area contributed by atoms with Crippen LogP contribution in [0.1, 0.15) is 45.4 Å². The highest BCUT2D eigenvalue weighted by Crippen LogP contribution is 2.31. The molecule has 4 heteroatoms. The number of hydrogen-bond donors (Lipinski definition) is 1. The second-order valence-electron chi connectivity index (χ2n) is 6.97. The lowest BCUT2D eigenvalue weighted by Gasteiger charge is -2.41. The summed E-state index contributed by atoms with van der Waals surface area (Å²) >= 11 is 0. The predicted molar refractivity (Wildman–Crippen MR) is 86.7 cm³/mol. The smallest absolute Gasteiger partial charge is 0.0701 e. The van der Waals surface area contributed by atoms with Crippen molar-refractivity contribution in [3.63, 3.8) is 0 Å². The molecule has 0 aromatic heterocycles. The van der Waals surface area contributed by atoms with E-state index in [4.69, 9.17) is 9.47 Å². The van der Waals surface area contributed by atoms with Crippen LogP contribution in [0.3, 0.4) is 0 Å². The number of rotatable bonds is 8. The van der Waals surface area contributed by atoms with Crippen LogP contribution in [0.25, 0.3) is 0 Å². The van der Waals surface area contributed by atoms with Crippen molar-refractivity contribution in [3.05, 3.63) is 0 Å². The van der Waals surface area contributed by atoms with Crippen molar-refractivity contribution >= 4 is 0 Å². The summed E-state index contributed by atoms with van der Waals surface area (Å²) in [6.07, 6.45) is 7.81. The molecule has 2 aliphatic rings. The molecule has 2 saturated heterocycles. The number of ether oxygens (including phenoxy) is 2. The van der Waals surface area contributed by atoms with Gasteiger partial charge in [-0.3, -0.25) is 0 Å². The molecule has 0 saturated carbocycles. The molecular formula is C17H34N2O2. The lowest BCUT2D eigenvalue weighted by atomic mass is 9.79. The lowest BCUT2D eigenvalue weighted by molar-refractivity contribution is -0.0275. The average Bonchev–Trinajstić information content (AvgIpc) is 2.49. The molecule has 0 aromatic carbocycles. The van der Waals surface area contributed by atoms with Gasteiger partial charge in [-0.1, -0.05) is 6.92 Å². The minimum Gasteiger partial charge on any atom is -0.381 e. The zero-order chi connectivity index (χ0) is 15.0. The predicted octanol–water partition coefficient (Wildman–Crippen LogP) is 2.28. The Morgan fingerprint density at radius 2 is 2.00 bits per heavy atom. The van der Waals surface area contributed by atoms with Crippen molar-refractivity contribution in [1.29, 1.82) is 0 Å². The van der Waals surface area contributed by atoms with Crippen molar-refractivity contribution in [2.75, 3.05) is 53.0 Å². The Balaban J connectivity index is 1.81. The number of nitrogens with zero attached hydrogens (tertiary/aromatic N) is 1. The van der Waals surface area contributed by atoms with Gasteiger partial charge in [0.25, 0.3) is 0 Å². The molecule has 21 heavy (non-hydrogen) atoms. The molecule has 2 heterocycles. The lowest BCUT2D eigenvalue weighted by Crippen LogP contribution is -2.48. The van der Waals surface area contributed by atoms with Gasteiger partial charge in [-0.25, -0.2) is 0 Å². The molecule has 2 fully saturated rings. The van der Waals surface area contributed by atoms with Gasteiger partial charge in [0.1, 0.15) is 0 Å².